The first-order valence-corrected chi connectivity index (χ1v) is 13.1. The maximum Gasteiger partial charge on any atom is 0.241 e. The van der Waals surface area contributed by atoms with Crippen LogP contribution in [0.25, 0.3) is 0 Å². The van der Waals surface area contributed by atoms with Gasteiger partial charge in [0.1, 0.15) is 5.75 Å². The predicted molar refractivity (Wildman–Crippen MR) is 136 cm³/mol. The highest BCUT2D eigenvalue weighted by Gasteiger charge is 2.32. The standard InChI is InChI=1S/C25H22Cl2N4O3S/c1-2-34-19-9-6-17(7-10-19)23-14-24(30-29-23)25(21-11-8-18(26)13-22(21)27)31-35(32,33)20-5-3-4-16(12-20)15-28/h3-13,23,25,29,31H,2,14H2,1H3. The molecule has 4 rings (SSSR count). The quantitative estimate of drug-likeness (QED) is 0.408. The molecular formula is C25H22Cl2N4O3S. The first-order chi connectivity index (χ1) is 16.8. The SMILES string of the molecule is CCOc1ccc(C2CC(C(NS(=O)(=O)c3cccc(C#N)c3)c3ccc(Cl)cc3Cl)=NN2)cc1. The van der Waals surface area contributed by atoms with Crippen molar-refractivity contribution in [2.24, 2.45) is 5.10 Å². The van der Waals surface area contributed by atoms with Crippen LogP contribution in [0.1, 0.15) is 42.1 Å². The lowest BCUT2D eigenvalue weighted by Gasteiger charge is -2.21. The molecule has 2 unspecified atom stereocenters. The molecule has 1 heterocycles. The van der Waals surface area contributed by atoms with E-state index < -0.39 is 16.1 Å². The van der Waals surface area contributed by atoms with Crippen molar-refractivity contribution in [3.05, 3.63) is 93.5 Å². The highest BCUT2D eigenvalue weighted by atomic mass is 35.5. The van der Waals surface area contributed by atoms with E-state index in [2.05, 4.69) is 15.2 Å². The highest BCUT2D eigenvalue weighted by molar-refractivity contribution is 7.89. The summed E-state index contributed by atoms with van der Waals surface area (Å²) in [6.07, 6.45) is 0.443. The Kier molecular flexibility index (Phi) is 7.63. The summed E-state index contributed by atoms with van der Waals surface area (Å²) < 4.78 is 34.8. The molecule has 2 atom stereocenters. The number of hydrogen-bond acceptors (Lipinski definition) is 6. The minimum atomic E-state index is -4.02. The van der Waals surface area contributed by atoms with E-state index in [1.807, 2.05) is 37.3 Å². The second kappa shape index (κ2) is 10.7. The first kappa shape index (κ1) is 25.0. The third-order valence-corrected chi connectivity index (χ3v) is 7.51. The van der Waals surface area contributed by atoms with Crippen LogP contribution in [0.15, 0.2) is 76.7 Å². The number of ether oxygens (including phenoxy) is 1. The number of rotatable bonds is 8. The van der Waals surface area contributed by atoms with Crippen molar-refractivity contribution in [2.45, 2.75) is 30.3 Å². The molecule has 0 aromatic heterocycles. The van der Waals surface area contributed by atoms with Gasteiger partial charge in [0.15, 0.2) is 0 Å². The van der Waals surface area contributed by atoms with Crippen molar-refractivity contribution in [1.29, 1.82) is 5.26 Å². The Bertz CT molecular complexity index is 1400. The fourth-order valence-corrected chi connectivity index (χ4v) is 5.57. The van der Waals surface area contributed by atoms with E-state index in [-0.39, 0.29) is 16.5 Å². The number of sulfonamides is 1. The molecule has 0 spiro atoms. The molecule has 0 amide bonds. The Hall–Kier alpha value is -3.09. The molecule has 3 aromatic rings. The normalized spacial score (nSPS) is 16.2. The largest absolute Gasteiger partial charge is 0.494 e. The summed E-state index contributed by atoms with van der Waals surface area (Å²) in [6, 6.07) is 19.3. The molecule has 0 aliphatic carbocycles. The second-order valence-corrected chi connectivity index (χ2v) is 10.4. The Labute approximate surface area is 214 Å². The van der Waals surface area contributed by atoms with Crippen LogP contribution >= 0.6 is 23.2 Å². The molecule has 1 aliphatic heterocycles. The lowest BCUT2D eigenvalue weighted by Crippen LogP contribution is -2.33. The molecule has 0 radical (unpaired) electrons. The molecule has 3 aromatic carbocycles. The van der Waals surface area contributed by atoms with Gasteiger partial charge < -0.3 is 10.2 Å². The zero-order valence-corrected chi connectivity index (χ0v) is 21.0. The fraction of sp³-hybridized carbons (Fsp3) is 0.200. The zero-order valence-electron chi connectivity index (χ0n) is 18.7. The van der Waals surface area contributed by atoms with Crippen LogP contribution in [0.3, 0.4) is 0 Å². The van der Waals surface area contributed by atoms with Crippen molar-refractivity contribution < 1.29 is 13.2 Å². The molecule has 35 heavy (non-hydrogen) atoms. The number of nitriles is 1. The topological polar surface area (TPSA) is 104 Å². The van der Waals surface area contributed by atoms with E-state index in [1.165, 1.54) is 18.2 Å². The van der Waals surface area contributed by atoms with Crippen molar-refractivity contribution in [2.75, 3.05) is 6.61 Å². The predicted octanol–water partition coefficient (Wildman–Crippen LogP) is 5.37. The van der Waals surface area contributed by atoms with Crippen LogP contribution < -0.4 is 14.9 Å². The molecule has 7 nitrogen and oxygen atoms in total. The van der Waals surface area contributed by atoms with Crippen molar-refractivity contribution in [3.8, 4) is 11.8 Å². The van der Waals surface area contributed by atoms with Crippen LogP contribution in [0, 0.1) is 11.3 Å². The van der Waals surface area contributed by atoms with Gasteiger partial charge in [-0.05, 0) is 60.5 Å². The van der Waals surface area contributed by atoms with Gasteiger partial charge in [-0.1, -0.05) is 47.5 Å². The highest BCUT2D eigenvalue weighted by Crippen LogP contribution is 2.33. The third kappa shape index (κ3) is 5.77. The smallest absolute Gasteiger partial charge is 0.241 e. The van der Waals surface area contributed by atoms with E-state index >= 15 is 0 Å². The number of hydrazone groups is 1. The average molecular weight is 529 g/mol. The van der Waals surface area contributed by atoms with Crippen molar-refractivity contribution in [3.63, 3.8) is 0 Å². The van der Waals surface area contributed by atoms with Gasteiger partial charge in [-0.3, -0.25) is 0 Å². The average Bonchev–Trinajstić information content (AvgIpc) is 3.34. The molecule has 180 valence electrons. The number of halogens is 2. The Balaban J connectivity index is 1.64. The molecule has 10 heteroatoms. The Morgan fingerprint density at radius 3 is 2.63 bits per heavy atom. The van der Waals surface area contributed by atoms with Gasteiger partial charge >= 0.3 is 0 Å². The number of nitrogens with zero attached hydrogens (tertiary/aromatic N) is 2. The van der Waals surface area contributed by atoms with Gasteiger partial charge in [0.2, 0.25) is 10.0 Å². The monoisotopic (exact) mass is 528 g/mol. The minimum absolute atomic E-state index is 0.0266. The summed E-state index contributed by atoms with van der Waals surface area (Å²) in [5, 5.41) is 14.4. The minimum Gasteiger partial charge on any atom is -0.494 e. The van der Waals surface area contributed by atoms with Gasteiger partial charge in [-0.15, -0.1) is 0 Å². The zero-order chi connectivity index (χ0) is 25.0. The molecule has 0 saturated heterocycles. The van der Waals surface area contributed by atoms with Gasteiger partial charge in [0.05, 0.1) is 40.9 Å². The molecule has 1 aliphatic rings. The van der Waals surface area contributed by atoms with Gasteiger partial charge in [-0.2, -0.15) is 15.1 Å². The van der Waals surface area contributed by atoms with Crippen LogP contribution in [-0.4, -0.2) is 20.7 Å². The van der Waals surface area contributed by atoms with Gasteiger partial charge in [-0.25, -0.2) is 8.42 Å². The summed E-state index contributed by atoms with van der Waals surface area (Å²) in [6.45, 7) is 2.50. The molecule has 0 bridgehead atoms. The number of benzene rings is 3. The summed E-state index contributed by atoms with van der Waals surface area (Å²) in [4.78, 5) is -0.0266. The number of hydrogen-bond donors (Lipinski definition) is 2. The van der Waals surface area contributed by atoms with E-state index in [4.69, 9.17) is 27.9 Å². The lowest BCUT2D eigenvalue weighted by atomic mass is 9.96. The third-order valence-electron chi connectivity index (χ3n) is 5.52. The van der Waals surface area contributed by atoms with Gasteiger partial charge in [0, 0.05) is 16.5 Å². The summed E-state index contributed by atoms with van der Waals surface area (Å²) >= 11 is 12.5. The maximum atomic E-state index is 13.3. The molecule has 2 N–H and O–H groups in total. The summed E-state index contributed by atoms with van der Waals surface area (Å²) in [7, 11) is -4.02. The Morgan fingerprint density at radius 2 is 1.94 bits per heavy atom. The van der Waals surface area contributed by atoms with Crippen molar-refractivity contribution >= 4 is 38.9 Å². The first-order valence-electron chi connectivity index (χ1n) is 10.8. The van der Waals surface area contributed by atoms with Crippen LogP contribution in [0.5, 0.6) is 5.75 Å². The van der Waals surface area contributed by atoms with E-state index in [1.54, 1.807) is 24.3 Å². The van der Waals surface area contributed by atoms with Crippen LogP contribution in [0.2, 0.25) is 10.0 Å². The van der Waals surface area contributed by atoms with E-state index in [9.17, 15) is 13.7 Å². The molecular weight excluding hydrogens is 507 g/mol. The lowest BCUT2D eigenvalue weighted by molar-refractivity contribution is 0.340. The number of nitrogens with one attached hydrogen (secondary N) is 2. The van der Waals surface area contributed by atoms with Crippen LogP contribution in [0.4, 0.5) is 0 Å². The van der Waals surface area contributed by atoms with Crippen LogP contribution in [-0.2, 0) is 10.0 Å². The molecule has 0 saturated carbocycles. The molecule has 0 fully saturated rings. The second-order valence-electron chi connectivity index (χ2n) is 7.85. The van der Waals surface area contributed by atoms with E-state index in [0.717, 1.165) is 11.3 Å². The fourth-order valence-electron chi connectivity index (χ4n) is 3.80. The van der Waals surface area contributed by atoms with E-state index in [0.29, 0.717) is 34.3 Å². The van der Waals surface area contributed by atoms with Gasteiger partial charge in [0.25, 0.3) is 0 Å². The van der Waals surface area contributed by atoms with Crippen molar-refractivity contribution in [1.82, 2.24) is 10.1 Å². The maximum absolute atomic E-state index is 13.3. The summed E-state index contributed by atoms with van der Waals surface area (Å²) in [5.74, 6) is 0.772. The Morgan fingerprint density at radius 1 is 1.17 bits per heavy atom. The summed E-state index contributed by atoms with van der Waals surface area (Å²) in [5.41, 5.74) is 5.40.